The van der Waals surface area contributed by atoms with Crippen molar-refractivity contribution in [2.75, 3.05) is 7.11 Å². The van der Waals surface area contributed by atoms with E-state index in [1.807, 2.05) is 32.9 Å². The van der Waals surface area contributed by atoms with Gasteiger partial charge in [-0.25, -0.2) is 8.42 Å². The van der Waals surface area contributed by atoms with Gasteiger partial charge in [-0.05, 0) is 41.2 Å². The Balaban J connectivity index is 1.78. The molecule has 182 valence electrons. The number of carbonyl (C=O) groups is 2. The van der Waals surface area contributed by atoms with Crippen LogP contribution in [0.5, 0.6) is 0 Å². The highest BCUT2D eigenvalue weighted by Crippen LogP contribution is 2.26. The molecule has 1 aromatic heterocycles. The van der Waals surface area contributed by atoms with Crippen LogP contribution in [0.3, 0.4) is 0 Å². The van der Waals surface area contributed by atoms with E-state index in [-0.39, 0.29) is 29.1 Å². The number of carboxylic acid groups (broad SMARTS) is 1. The SMILES string of the molecule is COC(=O)CCc1ccc2c(CC(NS(=O)(=O)c3ccc(C(C)(C)C)cc3)C(=O)O)occ2c1. The molecule has 2 aromatic carbocycles. The summed E-state index contributed by atoms with van der Waals surface area (Å²) >= 11 is 0. The van der Waals surface area contributed by atoms with Gasteiger partial charge in [-0.3, -0.25) is 9.59 Å². The molecular weight excluding hydrogens is 458 g/mol. The van der Waals surface area contributed by atoms with Gasteiger partial charge in [0.25, 0.3) is 0 Å². The molecule has 3 rings (SSSR count). The van der Waals surface area contributed by atoms with Gasteiger partial charge in [0.1, 0.15) is 11.8 Å². The Bertz CT molecular complexity index is 1290. The maximum Gasteiger partial charge on any atom is 0.322 e. The van der Waals surface area contributed by atoms with Gasteiger partial charge in [0.15, 0.2) is 0 Å². The normalized spacial score (nSPS) is 13.1. The lowest BCUT2D eigenvalue weighted by atomic mass is 9.87. The number of hydrogen-bond acceptors (Lipinski definition) is 6. The fraction of sp³-hybridized carbons (Fsp3) is 0.360. The zero-order valence-corrected chi connectivity index (χ0v) is 20.4. The number of methoxy groups -OCH3 is 1. The first-order valence-corrected chi connectivity index (χ1v) is 12.3. The number of nitrogens with one attached hydrogen (secondary N) is 1. The summed E-state index contributed by atoms with van der Waals surface area (Å²) in [6.07, 6.45) is 2.06. The molecule has 0 amide bonds. The molecule has 0 aliphatic carbocycles. The number of fused-ring (bicyclic) bond motifs is 1. The highest BCUT2D eigenvalue weighted by atomic mass is 32.2. The molecule has 0 aliphatic rings. The number of hydrogen-bond donors (Lipinski definition) is 2. The molecule has 1 atom stereocenters. The Labute approximate surface area is 199 Å². The number of carboxylic acids is 1. The summed E-state index contributed by atoms with van der Waals surface area (Å²) in [5.41, 5.74) is 1.73. The fourth-order valence-corrected chi connectivity index (χ4v) is 4.77. The van der Waals surface area contributed by atoms with Gasteiger partial charge >= 0.3 is 11.9 Å². The number of furan rings is 1. The third-order valence-corrected chi connectivity index (χ3v) is 7.09. The van der Waals surface area contributed by atoms with E-state index < -0.39 is 22.0 Å². The van der Waals surface area contributed by atoms with Crippen molar-refractivity contribution in [1.82, 2.24) is 4.72 Å². The summed E-state index contributed by atoms with van der Waals surface area (Å²) in [6.45, 7) is 6.06. The van der Waals surface area contributed by atoms with Crippen molar-refractivity contribution in [3.63, 3.8) is 0 Å². The number of rotatable bonds is 9. The van der Waals surface area contributed by atoms with E-state index >= 15 is 0 Å². The van der Waals surface area contributed by atoms with E-state index in [0.717, 1.165) is 16.5 Å². The lowest BCUT2D eigenvalue weighted by Gasteiger charge is -2.19. The number of aliphatic carboxylic acids is 1. The van der Waals surface area contributed by atoms with Gasteiger partial charge < -0.3 is 14.3 Å². The van der Waals surface area contributed by atoms with Crippen molar-refractivity contribution < 1.29 is 32.3 Å². The van der Waals surface area contributed by atoms with Crippen LogP contribution in [0.25, 0.3) is 10.8 Å². The molecule has 0 spiro atoms. The van der Waals surface area contributed by atoms with Gasteiger partial charge in [0, 0.05) is 23.6 Å². The number of aryl methyl sites for hydroxylation is 1. The van der Waals surface area contributed by atoms with Crippen molar-refractivity contribution in [2.45, 2.75) is 56.4 Å². The molecule has 1 unspecified atom stereocenters. The Hall–Kier alpha value is -3.17. The smallest absolute Gasteiger partial charge is 0.322 e. The molecule has 9 heteroatoms. The van der Waals surface area contributed by atoms with Crippen LogP contribution in [0.2, 0.25) is 0 Å². The molecule has 0 saturated carbocycles. The lowest BCUT2D eigenvalue weighted by Crippen LogP contribution is -2.42. The molecule has 8 nitrogen and oxygen atoms in total. The second kappa shape index (κ2) is 9.99. The number of ether oxygens (including phenoxy) is 1. The van der Waals surface area contributed by atoms with Gasteiger partial charge in [0.05, 0.1) is 18.3 Å². The lowest BCUT2D eigenvalue weighted by molar-refractivity contribution is -0.140. The van der Waals surface area contributed by atoms with E-state index in [1.54, 1.807) is 18.2 Å². The molecule has 1 heterocycles. The Morgan fingerprint density at radius 1 is 1.12 bits per heavy atom. The van der Waals surface area contributed by atoms with Crippen LogP contribution >= 0.6 is 0 Å². The summed E-state index contributed by atoms with van der Waals surface area (Å²) in [5, 5.41) is 11.1. The van der Waals surface area contributed by atoms with Crippen LogP contribution in [0.15, 0.2) is 58.0 Å². The highest BCUT2D eigenvalue weighted by molar-refractivity contribution is 7.89. The fourth-order valence-electron chi connectivity index (χ4n) is 3.58. The van der Waals surface area contributed by atoms with Crippen LogP contribution in [-0.2, 0) is 42.6 Å². The minimum Gasteiger partial charge on any atom is -0.480 e. The van der Waals surface area contributed by atoms with Gasteiger partial charge in [-0.15, -0.1) is 0 Å². The molecular formula is C25H29NO7S. The molecule has 0 bridgehead atoms. The highest BCUT2D eigenvalue weighted by Gasteiger charge is 2.28. The van der Waals surface area contributed by atoms with Crippen molar-refractivity contribution in [2.24, 2.45) is 0 Å². The predicted molar refractivity (Wildman–Crippen MR) is 127 cm³/mol. The number of sulfonamides is 1. The van der Waals surface area contributed by atoms with E-state index in [2.05, 4.69) is 9.46 Å². The Morgan fingerprint density at radius 2 is 1.79 bits per heavy atom. The molecule has 2 N–H and O–H groups in total. The van der Waals surface area contributed by atoms with Gasteiger partial charge in [0.2, 0.25) is 10.0 Å². The number of esters is 1. The first kappa shape index (κ1) is 25.5. The van der Waals surface area contributed by atoms with E-state index in [9.17, 15) is 23.1 Å². The summed E-state index contributed by atoms with van der Waals surface area (Å²) < 4.78 is 38.2. The standard InChI is InChI=1S/C25H29NO7S/c1-25(2,3)18-7-9-19(10-8-18)34(30,31)26-21(24(28)29)14-22-20-11-5-16(6-12-23(27)32-4)13-17(20)15-33-22/h5,7-11,13,15,21,26H,6,12,14H2,1-4H3,(H,28,29). The molecule has 34 heavy (non-hydrogen) atoms. The molecule has 0 radical (unpaired) electrons. The monoisotopic (exact) mass is 487 g/mol. The minimum absolute atomic E-state index is 0.00805. The van der Waals surface area contributed by atoms with Gasteiger partial charge in [-0.1, -0.05) is 45.0 Å². The topological polar surface area (TPSA) is 123 Å². The number of carbonyl (C=O) groups excluding carboxylic acids is 1. The van der Waals surface area contributed by atoms with Crippen molar-refractivity contribution in [3.05, 3.63) is 65.6 Å². The molecule has 3 aromatic rings. The largest absolute Gasteiger partial charge is 0.480 e. The van der Waals surface area contributed by atoms with Crippen LogP contribution in [0.4, 0.5) is 0 Å². The average molecular weight is 488 g/mol. The predicted octanol–water partition coefficient (Wildman–Crippen LogP) is 3.81. The molecule has 0 saturated heterocycles. The van der Waals surface area contributed by atoms with Crippen molar-refractivity contribution in [1.29, 1.82) is 0 Å². The second-order valence-corrected chi connectivity index (χ2v) is 10.9. The van der Waals surface area contributed by atoms with Crippen LogP contribution in [0.1, 0.15) is 44.1 Å². The minimum atomic E-state index is -4.06. The van der Waals surface area contributed by atoms with E-state index in [0.29, 0.717) is 17.6 Å². The summed E-state index contributed by atoms with van der Waals surface area (Å²) in [5.74, 6) is -1.26. The summed E-state index contributed by atoms with van der Waals surface area (Å²) in [7, 11) is -2.73. The van der Waals surface area contributed by atoms with Crippen LogP contribution in [-0.4, -0.2) is 38.6 Å². The summed E-state index contributed by atoms with van der Waals surface area (Å²) in [6, 6.07) is 10.4. The Kier molecular flexibility index (Phi) is 7.48. The first-order valence-electron chi connectivity index (χ1n) is 10.8. The van der Waals surface area contributed by atoms with Gasteiger partial charge in [-0.2, -0.15) is 4.72 Å². The zero-order chi connectivity index (χ0) is 25.1. The third-order valence-electron chi connectivity index (χ3n) is 5.61. The first-order chi connectivity index (χ1) is 15.9. The molecule has 0 fully saturated rings. The number of benzene rings is 2. The van der Waals surface area contributed by atoms with E-state index in [1.165, 1.54) is 25.5 Å². The van der Waals surface area contributed by atoms with Crippen LogP contribution in [0, 0.1) is 0 Å². The van der Waals surface area contributed by atoms with Crippen molar-refractivity contribution >= 4 is 32.7 Å². The second-order valence-electron chi connectivity index (χ2n) is 9.15. The summed E-state index contributed by atoms with van der Waals surface area (Å²) in [4.78, 5) is 23.2. The third kappa shape index (κ3) is 6.03. The quantitative estimate of drug-likeness (QED) is 0.440. The molecule has 0 aliphatic heterocycles. The zero-order valence-electron chi connectivity index (χ0n) is 19.6. The maximum absolute atomic E-state index is 12.9. The maximum atomic E-state index is 12.9. The van der Waals surface area contributed by atoms with Crippen molar-refractivity contribution in [3.8, 4) is 0 Å². The Morgan fingerprint density at radius 3 is 2.38 bits per heavy atom. The average Bonchev–Trinajstić information content (AvgIpc) is 3.18. The van der Waals surface area contributed by atoms with E-state index in [4.69, 9.17) is 4.42 Å². The van der Waals surface area contributed by atoms with Crippen LogP contribution < -0.4 is 4.72 Å².